The first-order chi connectivity index (χ1) is 17.0. The van der Waals surface area contributed by atoms with E-state index < -0.39 is 5.97 Å². The number of piperidine rings is 1. The summed E-state index contributed by atoms with van der Waals surface area (Å²) in [6, 6.07) is 13.7. The van der Waals surface area contributed by atoms with Crippen molar-refractivity contribution in [1.29, 1.82) is 0 Å². The Morgan fingerprint density at radius 3 is 2.51 bits per heavy atom. The molecule has 4 heterocycles. The highest BCUT2D eigenvalue weighted by atomic mass is 16.5. The average molecular weight is 476 g/mol. The van der Waals surface area contributed by atoms with Gasteiger partial charge >= 0.3 is 5.97 Å². The number of nitrogens with zero attached hydrogens (tertiary/aromatic N) is 5. The summed E-state index contributed by atoms with van der Waals surface area (Å²) in [6.45, 7) is 0.893. The second-order valence-corrected chi connectivity index (χ2v) is 8.00. The third kappa shape index (κ3) is 4.60. The van der Waals surface area contributed by atoms with E-state index in [0.717, 1.165) is 11.3 Å². The van der Waals surface area contributed by atoms with Crippen LogP contribution in [0.2, 0.25) is 0 Å². The highest BCUT2D eigenvalue weighted by Gasteiger charge is 2.41. The lowest BCUT2D eigenvalue weighted by Crippen LogP contribution is -2.46. The van der Waals surface area contributed by atoms with Gasteiger partial charge in [-0.3, -0.25) is 9.59 Å². The van der Waals surface area contributed by atoms with Crippen LogP contribution < -0.4 is 0 Å². The Balaban J connectivity index is 0.000000917. The number of esters is 1. The Kier molecular flexibility index (Phi) is 6.86. The summed E-state index contributed by atoms with van der Waals surface area (Å²) in [6.07, 6.45) is 6.71. The first-order valence-electron chi connectivity index (χ1n) is 10.9. The molecule has 1 aromatic carbocycles. The summed E-state index contributed by atoms with van der Waals surface area (Å²) in [4.78, 5) is 39.8. The monoisotopic (exact) mass is 476 g/mol. The number of aromatic nitrogens is 5. The number of nitrogens with one attached hydrogen (secondary N) is 1. The molecule has 0 spiro atoms. The maximum absolute atomic E-state index is 12.8. The number of carbonyl (C=O) groups excluding carboxylic acids is 2. The summed E-state index contributed by atoms with van der Waals surface area (Å²) >= 11 is 0. The fourth-order valence-electron chi connectivity index (χ4n) is 4.47. The molecule has 0 atom stereocenters. The molecule has 0 aliphatic carbocycles. The Hall–Kier alpha value is -4.54. The number of hydrogen-bond acceptors (Lipinski definition) is 7. The predicted molar refractivity (Wildman–Crippen MR) is 124 cm³/mol. The number of likely N-dealkylation sites (tertiary alicyclic amines) is 1. The molecule has 35 heavy (non-hydrogen) atoms. The molecule has 5 rings (SSSR count). The topological polar surface area (TPSA) is 143 Å². The third-order valence-electron chi connectivity index (χ3n) is 6.24. The highest BCUT2D eigenvalue weighted by Crippen LogP contribution is 2.41. The van der Waals surface area contributed by atoms with Crippen LogP contribution in [0.1, 0.15) is 44.9 Å². The molecule has 0 radical (unpaired) electrons. The Labute approximate surface area is 200 Å². The van der Waals surface area contributed by atoms with Gasteiger partial charge in [-0.2, -0.15) is 15.4 Å². The number of aromatic amines is 1. The predicted octanol–water partition coefficient (Wildman–Crippen LogP) is 2.16. The van der Waals surface area contributed by atoms with Crippen molar-refractivity contribution in [3.63, 3.8) is 0 Å². The summed E-state index contributed by atoms with van der Waals surface area (Å²) in [5.74, 6) is -0.521. The Morgan fingerprint density at radius 1 is 1.17 bits per heavy atom. The molecule has 4 aromatic rings. The molecule has 1 aliphatic rings. The summed E-state index contributed by atoms with van der Waals surface area (Å²) in [5.41, 5.74) is 3.18. The van der Waals surface area contributed by atoms with Crippen molar-refractivity contribution in [2.24, 2.45) is 0 Å². The lowest BCUT2D eigenvalue weighted by atomic mass is 9.70. The number of carbonyl (C=O) groups is 3. The largest absolute Gasteiger partial charge is 0.483 e. The molecule has 180 valence electrons. The normalized spacial score (nSPS) is 14.6. The van der Waals surface area contributed by atoms with Gasteiger partial charge in [0.2, 0.25) is 0 Å². The molecule has 11 nitrogen and oxygen atoms in total. The van der Waals surface area contributed by atoms with E-state index in [9.17, 15) is 9.59 Å². The van der Waals surface area contributed by atoms with Crippen LogP contribution in [-0.2, 0) is 14.9 Å². The Bertz CT molecular complexity index is 1310. The maximum atomic E-state index is 12.8. The van der Waals surface area contributed by atoms with Crippen LogP contribution in [0.25, 0.3) is 5.65 Å². The zero-order chi connectivity index (χ0) is 24.8. The number of methoxy groups -OCH3 is 1. The molecule has 0 saturated carbocycles. The van der Waals surface area contributed by atoms with Gasteiger partial charge in [0.25, 0.3) is 12.4 Å². The number of amides is 1. The smallest absolute Gasteiger partial charge is 0.338 e. The van der Waals surface area contributed by atoms with Gasteiger partial charge < -0.3 is 19.1 Å². The van der Waals surface area contributed by atoms with Gasteiger partial charge in [-0.25, -0.2) is 9.78 Å². The SMILES string of the molecule is COC(=O)c1ccn2cc(C3(c4ccccc4)CCN(C(=O)c4cn[nH]n4)CC3)nc2c1.O=CO. The fourth-order valence-corrected chi connectivity index (χ4v) is 4.47. The molecule has 1 fully saturated rings. The van der Waals surface area contributed by atoms with E-state index in [0.29, 0.717) is 42.8 Å². The van der Waals surface area contributed by atoms with E-state index in [1.54, 1.807) is 12.1 Å². The lowest BCUT2D eigenvalue weighted by Gasteiger charge is -2.41. The van der Waals surface area contributed by atoms with Crippen LogP contribution >= 0.6 is 0 Å². The second kappa shape index (κ2) is 10.2. The van der Waals surface area contributed by atoms with Gasteiger partial charge in [-0.15, -0.1) is 0 Å². The number of H-pyrrole nitrogens is 1. The summed E-state index contributed by atoms with van der Waals surface area (Å²) < 4.78 is 6.75. The minimum Gasteiger partial charge on any atom is -0.483 e. The number of fused-ring (bicyclic) bond motifs is 1. The van der Waals surface area contributed by atoms with Crippen molar-refractivity contribution in [3.8, 4) is 0 Å². The number of carboxylic acid groups (broad SMARTS) is 1. The number of benzene rings is 1. The highest BCUT2D eigenvalue weighted by molar-refractivity contribution is 5.92. The van der Waals surface area contributed by atoms with Crippen molar-refractivity contribution in [2.45, 2.75) is 18.3 Å². The standard InChI is InChI=1S/C23H22N6O3.CH2O2/c1-32-22(31)16-7-10-29-15-19(25-20(29)13-16)23(17-5-3-2-4-6-17)8-11-28(12-9-23)21(30)18-14-24-27-26-18;2-1-3/h2-7,10,13-15H,8-9,11-12H2,1H3,(H,24,26,27);1H,(H,2,3). The van der Waals surface area contributed by atoms with Crippen LogP contribution in [0.3, 0.4) is 0 Å². The molecule has 0 bridgehead atoms. The lowest BCUT2D eigenvalue weighted by molar-refractivity contribution is -0.122. The number of hydrogen-bond donors (Lipinski definition) is 2. The van der Waals surface area contributed by atoms with Crippen molar-refractivity contribution >= 4 is 24.0 Å². The Morgan fingerprint density at radius 2 is 1.89 bits per heavy atom. The van der Waals surface area contributed by atoms with Gasteiger partial charge in [-0.05, 0) is 30.5 Å². The molecule has 1 aliphatic heterocycles. The first kappa shape index (κ1) is 23.6. The number of imidazole rings is 1. The molecule has 1 amide bonds. The van der Waals surface area contributed by atoms with Gasteiger partial charge in [0.1, 0.15) is 5.65 Å². The minimum absolute atomic E-state index is 0.127. The number of pyridine rings is 1. The van der Waals surface area contributed by atoms with Crippen LogP contribution in [0.5, 0.6) is 0 Å². The van der Waals surface area contributed by atoms with Crippen LogP contribution in [0.4, 0.5) is 0 Å². The number of ether oxygens (including phenoxy) is 1. The summed E-state index contributed by atoms with van der Waals surface area (Å²) in [7, 11) is 1.36. The molecule has 3 aromatic heterocycles. The molecule has 1 saturated heterocycles. The van der Waals surface area contributed by atoms with E-state index in [2.05, 4.69) is 27.5 Å². The van der Waals surface area contributed by atoms with Gasteiger partial charge in [-0.1, -0.05) is 30.3 Å². The van der Waals surface area contributed by atoms with Crippen molar-refractivity contribution < 1.29 is 24.2 Å². The van der Waals surface area contributed by atoms with E-state index in [1.165, 1.54) is 13.3 Å². The maximum Gasteiger partial charge on any atom is 0.338 e. The first-order valence-corrected chi connectivity index (χ1v) is 10.9. The van der Waals surface area contributed by atoms with Crippen molar-refractivity contribution in [1.82, 2.24) is 29.7 Å². The molecule has 11 heteroatoms. The van der Waals surface area contributed by atoms with E-state index in [1.807, 2.05) is 39.9 Å². The van der Waals surface area contributed by atoms with E-state index >= 15 is 0 Å². The van der Waals surface area contributed by atoms with Crippen molar-refractivity contribution in [3.05, 3.63) is 83.6 Å². The average Bonchev–Trinajstić information content (AvgIpc) is 3.59. The number of rotatable bonds is 4. The molecular formula is C24H24N6O5. The third-order valence-corrected chi connectivity index (χ3v) is 6.24. The quantitative estimate of drug-likeness (QED) is 0.337. The molecule has 2 N–H and O–H groups in total. The van der Waals surface area contributed by atoms with E-state index in [-0.39, 0.29) is 17.8 Å². The van der Waals surface area contributed by atoms with E-state index in [4.69, 9.17) is 19.6 Å². The van der Waals surface area contributed by atoms with Gasteiger partial charge in [0.05, 0.1) is 24.6 Å². The zero-order valence-electron chi connectivity index (χ0n) is 19.0. The second-order valence-electron chi connectivity index (χ2n) is 8.00. The van der Waals surface area contributed by atoms with Gasteiger partial charge in [0.15, 0.2) is 5.69 Å². The minimum atomic E-state index is -0.394. The molecular weight excluding hydrogens is 452 g/mol. The van der Waals surface area contributed by atoms with Crippen LogP contribution in [0, 0.1) is 0 Å². The van der Waals surface area contributed by atoms with Crippen molar-refractivity contribution in [2.75, 3.05) is 20.2 Å². The van der Waals surface area contributed by atoms with Crippen LogP contribution in [0.15, 0.2) is 61.1 Å². The molecule has 0 unspecified atom stereocenters. The van der Waals surface area contributed by atoms with Gasteiger partial charge in [0, 0.05) is 30.9 Å². The zero-order valence-corrected chi connectivity index (χ0v) is 19.0. The summed E-state index contributed by atoms with van der Waals surface area (Å²) in [5, 5.41) is 17.0. The van der Waals surface area contributed by atoms with Crippen LogP contribution in [-0.4, -0.2) is 73.3 Å². The fraction of sp³-hybridized carbons (Fsp3) is 0.250.